The Morgan fingerprint density at radius 2 is 1.86 bits per heavy atom. The molecule has 1 saturated carbocycles. The fraction of sp³-hybridized carbons (Fsp3) is 0.233. The molecule has 1 saturated heterocycles. The van der Waals surface area contributed by atoms with Crippen LogP contribution in [0.25, 0.3) is 16.6 Å². The summed E-state index contributed by atoms with van der Waals surface area (Å²) in [6.45, 7) is 5.47. The summed E-state index contributed by atoms with van der Waals surface area (Å²) in [4.78, 5) is 19.8. The Morgan fingerprint density at radius 1 is 1.08 bits per heavy atom. The number of piperidine rings is 1. The van der Waals surface area contributed by atoms with E-state index in [2.05, 4.69) is 59.5 Å². The zero-order valence-electron chi connectivity index (χ0n) is 20.6. The lowest BCUT2D eigenvalue weighted by Crippen LogP contribution is -2.34. The first-order valence-corrected chi connectivity index (χ1v) is 13.3. The van der Waals surface area contributed by atoms with E-state index in [0.717, 1.165) is 28.8 Å². The van der Waals surface area contributed by atoms with Gasteiger partial charge in [-0.05, 0) is 72.9 Å². The van der Waals surface area contributed by atoms with Gasteiger partial charge >= 0.3 is 0 Å². The number of hydrogen-bond acceptors (Lipinski definition) is 4. The summed E-state index contributed by atoms with van der Waals surface area (Å²) in [5.74, 6) is 0.472. The minimum absolute atomic E-state index is 0.0272. The van der Waals surface area contributed by atoms with Gasteiger partial charge in [-0.15, -0.1) is 11.3 Å². The fourth-order valence-corrected chi connectivity index (χ4v) is 7.23. The van der Waals surface area contributed by atoms with Gasteiger partial charge in [-0.25, -0.2) is 14.1 Å². The van der Waals surface area contributed by atoms with Gasteiger partial charge in [0.15, 0.2) is 5.01 Å². The summed E-state index contributed by atoms with van der Waals surface area (Å²) in [6, 6.07) is 21.5. The Hall–Kier alpha value is -3.84. The molecule has 3 aromatic carbocycles. The third kappa shape index (κ3) is 3.37. The fourth-order valence-electron chi connectivity index (χ4n) is 6.47. The maximum absolute atomic E-state index is 13.5. The Kier molecular flexibility index (Phi) is 4.88. The topological polar surface area (TPSA) is 51.0 Å². The average molecular weight is 509 g/mol. The molecule has 5 nitrogen and oxygen atoms in total. The molecule has 7 heteroatoms. The molecule has 0 N–H and O–H groups in total. The van der Waals surface area contributed by atoms with Crippen molar-refractivity contribution in [2.45, 2.75) is 25.2 Å². The number of benzene rings is 3. The molecule has 0 radical (unpaired) electrons. The maximum atomic E-state index is 13.5. The van der Waals surface area contributed by atoms with Crippen LogP contribution in [0, 0.1) is 25.6 Å². The number of fused-ring (bicyclic) bond motifs is 2. The second-order valence-corrected chi connectivity index (χ2v) is 11.1. The summed E-state index contributed by atoms with van der Waals surface area (Å²) in [6.07, 6.45) is 1.88. The van der Waals surface area contributed by atoms with Crippen molar-refractivity contribution in [2.75, 3.05) is 13.1 Å². The van der Waals surface area contributed by atoms with E-state index in [1.54, 1.807) is 12.1 Å². The van der Waals surface area contributed by atoms with E-state index in [9.17, 15) is 9.18 Å². The van der Waals surface area contributed by atoms with Gasteiger partial charge in [0.05, 0.1) is 17.4 Å². The molecule has 3 heterocycles. The molecule has 0 spiro atoms. The minimum atomic E-state index is -0.266. The molecular formula is C30H25FN4OS. The first-order chi connectivity index (χ1) is 18.0. The quantitative estimate of drug-likeness (QED) is 0.297. The molecule has 1 aliphatic heterocycles. The molecule has 0 bridgehead atoms. The molecule has 2 fully saturated rings. The van der Waals surface area contributed by atoms with Crippen LogP contribution in [-0.4, -0.2) is 38.7 Å². The minimum Gasteiger partial charge on any atom is -0.335 e. The predicted octanol–water partition coefficient (Wildman–Crippen LogP) is 6.05. The monoisotopic (exact) mass is 508 g/mol. The number of amides is 1. The van der Waals surface area contributed by atoms with Gasteiger partial charge in [0.1, 0.15) is 5.82 Å². The summed E-state index contributed by atoms with van der Waals surface area (Å²) >= 11 is 1.42. The highest BCUT2D eigenvalue weighted by Gasteiger charge is 2.71. The highest BCUT2D eigenvalue weighted by molar-refractivity contribution is 7.11. The standard InChI is InChI=1S/C30H25FN4OS/c1-18-12-26-21(14-32-35(26)23-10-8-22(31)9-11-23)13-24(18)30-17-34(29(36)28-33-19(2)16-37-28)15-25(30)27(30)20-6-4-3-5-7-20/h3-14,16,25,27H,15,17H2,1-2H3/t25-,27-,30+/m0/s1. The third-order valence-corrected chi connectivity index (χ3v) is 9.06. The zero-order valence-corrected chi connectivity index (χ0v) is 21.4. The van der Waals surface area contributed by atoms with Crippen molar-refractivity contribution in [1.29, 1.82) is 0 Å². The summed E-state index contributed by atoms with van der Waals surface area (Å²) in [5.41, 5.74) is 6.34. The third-order valence-electron chi connectivity index (χ3n) is 8.11. The normalized spacial score (nSPS) is 22.4. The lowest BCUT2D eigenvalue weighted by molar-refractivity contribution is 0.0768. The lowest BCUT2D eigenvalue weighted by Gasteiger charge is -2.25. The van der Waals surface area contributed by atoms with Crippen LogP contribution >= 0.6 is 11.3 Å². The SMILES string of the molecule is Cc1csc(C(=O)N2C[C@H]3[C@H](c4ccccc4)[C@@]3(c3cc4cnn(-c5ccc(F)cc5)c4cc3C)C2)n1. The van der Waals surface area contributed by atoms with E-state index in [1.807, 2.05) is 28.1 Å². The Balaban J connectivity index is 1.31. The van der Waals surface area contributed by atoms with Gasteiger partial charge in [0, 0.05) is 40.9 Å². The molecule has 184 valence electrons. The predicted molar refractivity (Wildman–Crippen MR) is 143 cm³/mol. The number of carbonyl (C=O) groups excluding carboxylic acids is 1. The molecular weight excluding hydrogens is 483 g/mol. The second kappa shape index (κ2) is 8.08. The number of likely N-dealkylation sites (tertiary alicyclic amines) is 1. The van der Waals surface area contributed by atoms with Gasteiger partial charge in [-0.2, -0.15) is 5.10 Å². The van der Waals surface area contributed by atoms with E-state index in [1.165, 1.54) is 40.2 Å². The number of hydrogen-bond donors (Lipinski definition) is 0. The van der Waals surface area contributed by atoms with Gasteiger partial charge in [0.2, 0.25) is 0 Å². The first-order valence-electron chi connectivity index (χ1n) is 12.5. The second-order valence-electron chi connectivity index (χ2n) is 10.3. The van der Waals surface area contributed by atoms with E-state index in [-0.39, 0.29) is 17.1 Å². The Bertz CT molecular complexity index is 1660. The molecule has 3 atom stereocenters. The van der Waals surface area contributed by atoms with Gasteiger partial charge in [0.25, 0.3) is 5.91 Å². The molecule has 1 aliphatic carbocycles. The number of rotatable bonds is 4. The molecule has 5 aromatic rings. The number of halogens is 1. The highest BCUT2D eigenvalue weighted by atomic mass is 32.1. The molecule has 7 rings (SSSR count). The maximum Gasteiger partial charge on any atom is 0.282 e. The van der Waals surface area contributed by atoms with E-state index >= 15 is 0 Å². The van der Waals surface area contributed by atoms with Crippen molar-refractivity contribution in [3.8, 4) is 5.69 Å². The van der Waals surface area contributed by atoms with Gasteiger partial charge in [-0.1, -0.05) is 30.3 Å². The highest BCUT2D eigenvalue weighted by Crippen LogP contribution is 2.70. The summed E-state index contributed by atoms with van der Waals surface area (Å²) in [5, 5.41) is 8.17. The Morgan fingerprint density at radius 3 is 2.59 bits per heavy atom. The summed E-state index contributed by atoms with van der Waals surface area (Å²) < 4.78 is 15.4. The number of carbonyl (C=O) groups is 1. The number of aromatic nitrogens is 3. The van der Waals surface area contributed by atoms with Crippen LogP contribution in [0.15, 0.2) is 78.3 Å². The zero-order chi connectivity index (χ0) is 25.3. The van der Waals surface area contributed by atoms with Crippen molar-refractivity contribution < 1.29 is 9.18 Å². The van der Waals surface area contributed by atoms with Crippen LogP contribution in [0.4, 0.5) is 4.39 Å². The van der Waals surface area contributed by atoms with Crippen LogP contribution < -0.4 is 0 Å². The van der Waals surface area contributed by atoms with Gasteiger partial charge < -0.3 is 4.90 Å². The van der Waals surface area contributed by atoms with E-state index in [4.69, 9.17) is 0 Å². The average Bonchev–Trinajstić information content (AvgIpc) is 3.32. The molecule has 2 aromatic heterocycles. The number of aryl methyl sites for hydroxylation is 2. The number of thiazole rings is 1. The lowest BCUT2D eigenvalue weighted by atomic mass is 9.86. The number of nitrogens with zero attached hydrogens (tertiary/aromatic N) is 4. The largest absolute Gasteiger partial charge is 0.335 e. The van der Waals surface area contributed by atoms with Crippen molar-refractivity contribution in [3.63, 3.8) is 0 Å². The van der Waals surface area contributed by atoms with Crippen molar-refractivity contribution in [2.24, 2.45) is 5.92 Å². The van der Waals surface area contributed by atoms with Gasteiger partial charge in [-0.3, -0.25) is 4.79 Å². The van der Waals surface area contributed by atoms with Crippen LogP contribution in [0.1, 0.15) is 38.1 Å². The van der Waals surface area contributed by atoms with Crippen LogP contribution in [-0.2, 0) is 5.41 Å². The Labute approximate surface area is 218 Å². The van der Waals surface area contributed by atoms with Crippen LogP contribution in [0.2, 0.25) is 0 Å². The van der Waals surface area contributed by atoms with E-state index < -0.39 is 0 Å². The van der Waals surface area contributed by atoms with Crippen LogP contribution in [0.5, 0.6) is 0 Å². The molecule has 2 aliphatic rings. The van der Waals surface area contributed by atoms with E-state index in [0.29, 0.717) is 23.4 Å². The van der Waals surface area contributed by atoms with Crippen LogP contribution in [0.3, 0.4) is 0 Å². The van der Waals surface area contributed by atoms with Crippen molar-refractivity contribution in [3.05, 3.63) is 112 Å². The molecule has 37 heavy (non-hydrogen) atoms. The smallest absolute Gasteiger partial charge is 0.282 e. The molecule has 1 amide bonds. The van der Waals surface area contributed by atoms with Crippen molar-refractivity contribution in [1.82, 2.24) is 19.7 Å². The molecule has 0 unspecified atom stereocenters. The van der Waals surface area contributed by atoms with Crippen molar-refractivity contribution >= 4 is 28.1 Å². The summed E-state index contributed by atoms with van der Waals surface area (Å²) in [7, 11) is 0. The first kappa shape index (κ1) is 22.4.